The van der Waals surface area contributed by atoms with Crippen molar-refractivity contribution in [3.8, 4) is 0 Å². The number of allylic oxidation sites excluding steroid dienone is 3. The monoisotopic (exact) mass is 1020 g/mol. The second-order valence-corrected chi connectivity index (χ2v) is 20.5. The van der Waals surface area contributed by atoms with Crippen LogP contribution in [0.4, 0.5) is 0 Å². The molecule has 0 bridgehead atoms. The van der Waals surface area contributed by atoms with Crippen molar-refractivity contribution in [1.29, 1.82) is 0 Å². The molecule has 2 aliphatic heterocycles. The minimum atomic E-state index is -1.82. The third-order valence-corrected chi connectivity index (χ3v) is 14.0. The number of nitrogens with one attached hydrogen (secondary N) is 1. The van der Waals surface area contributed by atoms with E-state index in [0.717, 1.165) is 12.8 Å². The number of esters is 2. The fraction of sp³-hybridized carbons (Fsp3) is 0.870. The predicted octanol–water partition coefficient (Wildman–Crippen LogP) is 8.12. The van der Waals surface area contributed by atoms with Crippen LogP contribution in [0.25, 0.3) is 0 Å². The van der Waals surface area contributed by atoms with Crippen LogP contribution >= 0.6 is 12.2 Å². The highest BCUT2D eigenvalue weighted by Crippen LogP contribution is 2.36. The van der Waals surface area contributed by atoms with E-state index in [9.17, 15) is 24.9 Å². The summed E-state index contributed by atoms with van der Waals surface area (Å²) in [6, 6.07) is -0.276. The third-order valence-electron chi connectivity index (χ3n) is 13.6. The number of thiocarbonyl (C=S) groups is 1. The van der Waals surface area contributed by atoms with Crippen molar-refractivity contribution in [3.05, 3.63) is 24.8 Å². The molecule has 16 atom stereocenters. The number of nitrogens with zero attached hydrogens (tertiary/aromatic N) is 3. The average Bonchev–Trinajstić information content (AvgIpc) is 3.30. The summed E-state index contributed by atoms with van der Waals surface area (Å²) in [4.78, 5) is 33.1. The van der Waals surface area contributed by atoms with Gasteiger partial charge >= 0.3 is 11.9 Å². The molecule has 0 aromatic heterocycles. The molecule has 0 spiro atoms. The Morgan fingerprint density at radius 1 is 1.01 bits per heavy atom. The zero-order chi connectivity index (χ0) is 53.9. The Balaban J connectivity index is 0.00000636. The van der Waals surface area contributed by atoms with Gasteiger partial charge in [0.1, 0.15) is 17.8 Å². The summed E-state index contributed by atoms with van der Waals surface area (Å²) >= 11 is 5.70. The Bertz CT molecular complexity index is 1470. The van der Waals surface area contributed by atoms with Gasteiger partial charge in [-0.2, -0.15) is 0 Å². The maximum Gasteiger partial charge on any atom is 0.311 e. The van der Waals surface area contributed by atoms with E-state index in [2.05, 4.69) is 63.5 Å². The van der Waals surface area contributed by atoms with Gasteiger partial charge in [-0.1, -0.05) is 52.8 Å². The van der Waals surface area contributed by atoms with Crippen LogP contribution in [0.1, 0.15) is 156 Å². The molecule has 4 N–H and O–H groups in total. The van der Waals surface area contributed by atoms with Gasteiger partial charge < -0.3 is 58.9 Å². The van der Waals surface area contributed by atoms with Gasteiger partial charge in [0.25, 0.3) is 0 Å². The highest BCUT2D eigenvalue weighted by molar-refractivity contribution is 7.80. The molecule has 2 aliphatic rings. The lowest BCUT2D eigenvalue weighted by Crippen LogP contribution is -2.59. The zero-order valence-corrected chi connectivity index (χ0v) is 48.0. The number of carbonyl (C=O) groups is 2. The van der Waals surface area contributed by atoms with Crippen LogP contribution in [-0.4, -0.2) is 173 Å². The van der Waals surface area contributed by atoms with Crippen LogP contribution in [0, 0.1) is 23.7 Å². The Morgan fingerprint density at radius 2 is 1.63 bits per heavy atom. The van der Waals surface area contributed by atoms with E-state index in [0.29, 0.717) is 63.7 Å². The first-order valence-corrected chi connectivity index (χ1v) is 26.9. The Labute approximate surface area is 431 Å². The van der Waals surface area contributed by atoms with Crippen LogP contribution in [-0.2, 0) is 38.0 Å². The Morgan fingerprint density at radius 3 is 2.14 bits per heavy atom. The maximum absolute atomic E-state index is 14.4. The van der Waals surface area contributed by atoms with E-state index in [1.807, 2.05) is 65.5 Å². The fourth-order valence-corrected chi connectivity index (χ4v) is 9.58. The summed E-state index contributed by atoms with van der Waals surface area (Å²) < 4.78 is 38.0. The van der Waals surface area contributed by atoms with E-state index in [1.54, 1.807) is 40.7 Å². The lowest BCUT2D eigenvalue weighted by molar-refractivity contribution is -0.263. The zero-order valence-electron chi connectivity index (χ0n) is 47.1. The molecule has 412 valence electrons. The van der Waals surface area contributed by atoms with Crippen molar-refractivity contribution in [3.63, 3.8) is 0 Å². The smallest absolute Gasteiger partial charge is 0.311 e. The first-order valence-electron chi connectivity index (χ1n) is 26.5. The average molecular weight is 1020 g/mol. The van der Waals surface area contributed by atoms with Crippen molar-refractivity contribution in [1.82, 2.24) is 20.0 Å². The van der Waals surface area contributed by atoms with Crippen LogP contribution in [0.3, 0.4) is 0 Å². The molecular formula is C54H104N4O11S. The number of aliphatic hydroxyl groups is 3. The third kappa shape index (κ3) is 23.7. The highest BCUT2D eigenvalue weighted by atomic mass is 32.1. The van der Waals surface area contributed by atoms with E-state index < -0.39 is 72.7 Å². The van der Waals surface area contributed by atoms with Gasteiger partial charge in [-0.05, 0) is 146 Å². The topological polar surface area (TPSA) is 172 Å². The lowest BCUT2D eigenvalue weighted by Gasteiger charge is -2.43. The van der Waals surface area contributed by atoms with Crippen molar-refractivity contribution in [2.24, 2.45) is 23.7 Å². The maximum atomic E-state index is 14.4. The molecule has 0 aromatic rings. The number of cyclic esters (lactones) is 1. The van der Waals surface area contributed by atoms with E-state index in [-0.39, 0.29) is 48.7 Å². The SMILES string of the molecule is C/C=C\C.C=CC.CCNC(=S)N(CCCN1C[C@H](C)C[C@H](C)[C@H](OC2CC(N(C)C)CC(C)O2)[C@@H](C)[C@H](O[C@@H](CC)OC(C)[C@@H](C)O)C(C)C(=O)O[C@H](CC)[C@@](C)(O)C(O)C1C)CCC(=O)OCC. The van der Waals surface area contributed by atoms with Gasteiger partial charge in [0.15, 0.2) is 17.7 Å². The van der Waals surface area contributed by atoms with Crippen molar-refractivity contribution >= 4 is 29.3 Å². The number of ether oxygens (including phenoxy) is 6. The van der Waals surface area contributed by atoms with Gasteiger partial charge in [-0.3, -0.25) is 14.5 Å². The standard InChI is InChI=1S/C47H90N4O11S.C4H8.C3H6/c1-16-38-47(13,56)44(54)34(10)51(23-20-22-50(46(63)48-18-3)24-21-39(53)57-19-4)28-29(5)25-30(6)42(62-41-27-37(49(14)15)26-31(7)58-41)32(8)43(33(9)45(55)60-38)61-40(17-2)59-36(12)35(11)52;1-3-4-2;1-3-2/h29-38,40-44,52,54,56H,16-28H2,1-15H3,(H,48,63);3-4H,1-2H3;3H,1H2,2H3/b;4-3-;/t29-,30+,31?,32-,33?,34?,35-,36?,37?,38-,40+,41?,42+,43+,44?,47-;;/m1../s1. The number of carbonyl (C=O) groups excluding carboxylic acids is 2. The molecule has 7 unspecified atom stereocenters. The quantitative estimate of drug-likeness (QED) is 0.0423. The number of aliphatic hydroxyl groups excluding tert-OH is 2. The van der Waals surface area contributed by atoms with Gasteiger partial charge in [0.2, 0.25) is 0 Å². The molecule has 0 saturated carbocycles. The van der Waals surface area contributed by atoms with Crippen molar-refractivity contribution in [2.45, 2.75) is 229 Å². The van der Waals surface area contributed by atoms with Gasteiger partial charge in [0.05, 0.1) is 49.5 Å². The minimum absolute atomic E-state index is 0.0165. The molecule has 2 saturated heterocycles. The summed E-state index contributed by atoms with van der Waals surface area (Å²) in [7, 11) is 4.16. The van der Waals surface area contributed by atoms with Gasteiger partial charge in [-0.15, -0.1) is 6.58 Å². The summed E-state index contributed by atoms with van der Waals surface area (Å²) in [5, 5.41) is 38.4. The first-order chi connectivity index (χ1) is 32.8. The molecule has 0 amide bonds. The molecule has 0 aromatic carbocycles. The van der Waals surface area contributed by atoms with Crippen LogP contribution in [0.15, 0.2) is 24.8 Å². The molecule has 16 heteroatoms. The molecule has 0 radical (unpaired) electrons. The van der Waals surface area contributed by atoms with Crippen molar-refractivity contribution in [2.75, 3.05) is 53.4 Å². The second kappa shape index (κ2) is 35.8. The molecule has 2 heterocycles. The van der Waals surface area contributed by atoms with E-state index >= 15 is 0 Å². The van der Waals surface area contributed by atoms with Crippen LogP contribution < -0.4 is 5.32 Å². The highest BCUT2D eigenvalue weighted by Gasteiger charge is 2.48. The van der Waals surface area contributed by atoms with E-state index in [4.69, 9.17) is 40.6 Å². The molecule has 2 fully saturated rings. The fourth-order valence-electron chi connectivity index (χ4n) is 9.25. The van der Waals surface area contributed by atoms with E-state index in [1.165, 1.54) is 0 Å². The molecular weight excluding hydrogens is 913 g/mol. The first kappa shape index (κ1) is 67.8. The second-order valence-electron chi connectivity index (χ2n) is 20.1. The number of rotatable bonds is 19. The molecule has 70 heavy (non-hydrogen) atoms. The minimum Gasteiger partial charge on any atom is -0.466 e. The number of hydrogen-bond acceptors (Lipinski definition) is 14. The van der Waals surface area contributed by atoms with Gasteiger partial charge in [-0.25, -0.2) is 0 Å². The largest absolute Gasteiger partial charge is 0.466 e. The Kier molecular flexibility index (Phi) is 34.7. The van der Waals surface area contributed by atoms with Crippen LogP contribution in [0.2, 0.25) is 0 Å². The summed E-state index contributed by atoms with van der Waals surface area (Å²) in [6.45, 7) is 37.0. The normalized spacial score (nSPS) is 31.8. The van der Waals surface area contributed by atoms with Gasteiger partial charge in [0, 0.05) is 57.1 Å². The molecule has 2 rings (SSSR count). The Hall–Kier alpha value is -2.25. The lowest BCUT2D eigenvalue weighted by atomic mass is 9.80. The van der Waals surface area contributed by atoms with Crippen molar-refractivity contribution < 1.29 is 53.3 Å². The summed E-state index contributed by atoms with van der Waals surface area (Å²) in [6.07, 6.45) is 3.59. The molecule has 0 aliphatic carbocycles. The van der Waals surface area contributed by atoms with Crippen LogP contribution in [0.5, 0.6) is 0 Å². The summed E-state index contributed by atoms with van der Waals surface area (Å²) in [5.41, 5.74) is -1.82. The molecule has 15 nitrogen and oxygen atoms in total. The summed E-state index contributed by atoms with van der Waals surface area (Å²) in [5.74, 6) is -2.01. The predicted molar refractivity (Wildman–Crippen MR) is 286 cm³/mol. The number of hydrogen-bond donors (Lipinski definition) is 4.